The summed E-state index contributed by atoms with van der Waals surface area (Å²) in [6.07, 6.45) is -1.42. The van der Waals surface area contributed by atoms with E-state index < -0.39 is 32.1 Å². The van der Waals surface area contributed by atoms with E-state index in [9.17, 15) is 21.6 Å². The van der Waals surface area contributed by atoms with Crippen LogP contribution >= 0.6 is 0 Å². The molecule has 1 aliphatic heterocycles. The lowest BCUT2D eigenvalue weighted by Crippen LogP contribution is -2.44. The fourth-order valence-electron chi connectivity index (χ4n) is 5.97. The molecule has 1 aromatic carbocycles. The van der Waals surface area contributed by atoms with Crippen LogP contribution < -0.4 is 4.31 Å². The Morgan fingerprint density at radius 1 is 1.33 bits per heavy atom. The largest absolute Gasteiger partial charge is 0.417 e. The SMILES string of the molecule is CCC1[C@H]2[C@H]3CC[C@H](C3)[C@@]2(C)S(=O)(=O)N1c1ccc(C#N)c(C(F)(F)F)c1. The third-order valence-electron chi connectivity index (χ3n) is 7.09. The summed E-state index contributed by atoms with van der Waals surface area (Å²) < 4.78 is 67.6. The smallest absolute Gasteiger partial charge is 0.266 e. The normalized spacial score (nSPS) is 36.7. The first-order chi connectivity index (χ1) is 12.6. The second-order valence-electron chi connectivity index (χ2n) is 8.10. The molecule has 0 spiro atoms. The maximum Gasteiger partial charge on any atom is 0.417 e. The molecule has 0 amide bonds. The van der Waals surface area contributed by atoms with Crippen molar-refractivity contribution in [1.82, 2.24) is 0 Å². The molecule has 8 heteroatoms. The first-order valence-electron chi connectivity index (χ1n) is 9.22. The molecule has 27 heavy (non-hydrogen) atoms. The minimum atomic E-state index is -4.72. The van der Waals surface area contributed by atoms with Gasteiger partial charge in [-0.1, -0.05) is 6.92 Å². The number of nitriles is 1. The van der Waals surface area contributed by atoms with Crippen LogP contribution in [0.25, 0.3) is 0 Å². The van der Waals surface area contributed by atoms with Gasteiger partial charge in [-0.15, -0.1) is 0 Å². The second-order valence-corrected chi connectivity index (χ2v) is 10.3. The van der Waals surface area contributed by atoms with Gasteiger partial charge in [-0.05, 0) is 62.6 Å². The van der Waals surface area contributed by atoms with Gasteiger partial charge in [0, 0.05) is 12.0 Å². The molecule has 3 aliphatic rings. The molecule has 3 fully saturated rings. The number of anilines is 1. The van der Waals surface area contributed by atoms with Gasteiger partial charge in [0.25, 0.3) is 0 Å². The van der Waals surface area contributed by atoms with Crippen molar-refractivity contribution in [2.24, 2.45) is 17.8 Å². The van der Waals surface area contributed by atoms with Gasteiger partial charge in [-0.25, -0.2) is 8.42 Å². The minimum Gasteiger partial charge on any atom is -0.266 e. The van der Waals surface area contributed by atoms with Crippen LogP contribution in [0.3, 0.4) is 0 Å². The van der Waals surface area contributed by atoms with Crippen molar-refractivity contribution < 1.29 is 21.6 Å². The van der Waals surface area contributed by atoms with E-state index in [2.05, 4.69) is 0 Å². The van der Waals surface area contributed by atoms with Gasteiger partial charge in [0.05, 0.1) is 27.6 Å². The Kier molecular flexibility index (Phi) is 3.88. The Balaban J connectivity index is 1.89. The van der Waals surface area contributed by atoms with Crippen LogP contribution in [0.5, 0.6) is 0 Å². The number of alkyl halides is 3. The zero-order chi connectivity index (χ0) is 19.8. The van der Waals surface area contributed by atoms with E-state index in [0.29, 0.717) is 12.3 Å². The van der Waals surface area contributed by atoms with E-state index in [1.807, 2.05) is 6.92 Å². The summed E-state index contributed by atoms with van der Waals surface area (Å²) >= 11 is 0. The molecule has 1 saturated heterocycles. The quantitative estimate of drug-likeness (QED) is 0.746. The molecule has 5 atom stereocenters. The lowest BCUT2D eigenvalue weighted by Gasteiger charge is -2.34. The van der Waals surface area contributed by atoms with Gasteiger partial charge in [0.1, 0.15) is 0 Å². The molecular weight excluding hydrogens is 377 g/mol. The Labute approximate surface area is 157 Å². The predicted molar refractivity (Wildman–Crippen MR) is 94.4 cm³/mol. The third-order valence-corrected chi connectivity index (χ3v) is 9.80. The van der Waals surface area contributed by atoms with Gasteiger partial charge in [-0.3, -0.25) is 4.31 Å². The topological polar surface area (TPSA) is 61.2 Å². The van der Waals surface area contributed by atoms with Crippen LogP contribution in [0.1, 0.15) is 50.7 Å². The van der Waals surface area contributed by atoms with Crippen molar-refractivity contribution in [3.63, 3.8) is 0 Å². The highest BCUT2D eigenvalue weighted by Crippen LogP contribution is 2.64. The summed E-state index contributed by atoms with van der Waals surface area (Å²) in [4.78, 5) is 0. The first kappa shape index (κ1) is 18.6. The maximum absolute atomic E-state index is 13.6. The Hall–Kier alpha value is -1.75. The molecule has 1 aromatic rings. The van der Waals surface area contributed by atoms with Crippen LogP contribution in [0.4, 0.5) is 18.9 Å². The van der Waals surface area contributed by atoms with Crippen LogP contribution in [0.15, 0.2) is 18.2 Å². The minimum absolute atomic E-state index is 0.0169. The van der Waals surface area contributed by atoms with Crippen molar-refractivity contribution in [2.45, 2.75) is 56.5 Å². The number of halogens is 3. The van der Waals surface area contributed by atoms with Crippen molar-refractivity contribution in [1.29, 1.82) is 5.26 Å². The van der Waals surface area contributed by atoms with Crippen molar-refractivity contribution in [3.05, 3.63) is 29.3 Å². The number of sulfonamides is 1. The second kappa shape index (κ2) is 5.63. The summed E-state index contributed by atoms with van der Waals surface area (Å²) in [6.45, 7) is 3.67. The summed E-state index contributed by atoms with van der Waals surface area (Å²) in [7, 11) is -3.81. The lowest BCUT2D eigenvalue weighted by atomic mass is 9.75. The van der Waals surface area contributed by atoms with Gasteiger partial charge >= 0.3 is 6.18 Å². The maximum atomic E-state index is 13.6. The standard InChI is InChI=1S/C19H21F3N2O2S/c1-3-16-17-11-4-6-13(8-11)18(17,2)27(25,26)24(16)14-7-5-12(10-23)15(9-14)19(20,21)22/h5,7,9,11,13,16-17H,3-4,6,8H2,1-2H3/t11-,13+,16?,17+,18+/m0/s1. The zero-order valence-electron chi connectivity index (χ0n) is 15.1. The molecular formula is C19H21F3N2O2S. The number of hydrogen-bond donors (Lipinski definition) is 0. The fraction of sp³-hybridized carbons (Fsp3) is 0.632. The molecule has 4 rings (SSSR count). The van der Waals surface area contributed by atoms with Gasteiger partial charge in [0.2, 0.25) is 10.0 Å². The van der Waals surface area contributed by atoms with Crippen LogP contribution in [0.2, 0.25) is 0 Å². The van der Waals surface area contributed by atoms with E-state index in [-0.39, 0.29) is 23.6 Å². The average molecular weight is 398 g/mol. The van der Waals surface area contributed by atoms with Crippen LogP contribution in [-0.2, 0) is 16.2 Å². The summed E-state index contributed by atoms with van der Waals surface area (Å²) in [5.41, 5.74) is -1.57. The monoisotopic (exact) mass is 398 g/mol. The molecule has 2 saturated carbocycles. The molecule has 2 aliphatic carbocycles. The van der Waals surface area contributed by atoms with Crippen molar-refractivity contribution in [3.8, 4) is 6.07 Å². The Morgan fingerprint density at radius 3 is 2.63 bits per heavy atom. The van der Waals surface area contributed by atoms with Crippen LogP contribution in [-0.4, -0.2) is 19.2 Å². The highest BCUT2D eigenvalue weighted by atomic mass is 32.2. The Bertz CT molecular complexity index is 937. The molecule has 0 N–H and O–H groups in total. The average Bonchev–Trinajstić information content (AvgIpc) is 3.23. The van der Waals surface area contributed by atoms with Crippen LogP contribution in [0, 0.1) is 29.1 Å². The molecule has 4 nitrogen and oxygen atoms in total. The van der Waals surface area contributed by atoms with Crippen molar-refractivity contribution in [2.75, 3.05) is 4.31 Å². The number of hydrogen-bond acceptors (Lipinski definition) is 3. The highest BCUT2D eigenvalue weighted by Gasteiger charge is 2.71. The predicted octanol–water partition coefficient (Wildman–Crippen LogP) is 4.31. The summed E-state index contributed by atoms with van der Waals surface area (Å²) in [5, 5.41) is 9.01. The number of nitrogens with zero attached hydrogens (tertiary/aromatic N) is 2. The number of rotatable bonds is 2. The van der Waals surface area contributed by atoms with E-state index in [1.54, 1.807) is 13.0 Å². The molecule has 0 radical (unpaired) electrons. The molecule has 2 bridgehead atoms. The third kappa shape index (κ3) is 2.24. The van der Waals surface area contributed by atoms with E-state index in [0.717, 1.165) is 31.4 Å². The van der Waals surface area contributed by atoms with E-state index >= 15 is 0 Å². The van der Waals surface area contributed by atoms with E-state index in [1.165, 1.54) is 10.4 Å². The zero-order valence-corrected chi connectivity index (χ0v) is 15.9. The van der Waals surface area contributed by atoms with Gasteiger partial charge in [0.15, 0.2) is 0 Å². The number of benzene rings is 1. The highest BCUT2D eigenvalue weighted by molar-refractivity contribution is 7.94. The lowest BCUT2D eigenvalue weighted by molar-refractivity contribution is -0.137. The molecule has 0 aromatic heterocycles. The molecule has 146 valence electrons. The van der Waals surface area contributed by atoms with Gasteiger partial charge < -0.3 is 0 Å². The first-order valence-corrected chi connectivity index (χ1v) is 10.7. The summed E-state index contributed by atoms with van der Waals surface area (Å²) in [6, 6.07) is 4.44. The number of fused-ring (bicyclic) bond motifs is 5. The van der Waals surface area contributed by atoms with Crippen molar-refractivity contribution >= 4 is 15.7 Å². The molecule has 1 unspecified atom stereocenters. The fourth-order valence-corrected chi connectivity index (χ4v) is 8.75. The Morgan fingerprint density at radius 2 is 2.04 bits per heavy atom. The molecule has 1 heterocycles. The van der Waals surface area contributed by atoms with E-state index in [4.69, 9.17) is 5.26 Å². The summed E-state index contributed by atoms with van der Waals surface area (Å²) in [5.74, 6) is 0.318. The van der Waals surface area contributed by atoms with Gasteiger partial charge in [-0.2, -0.15) is 18.4 Å².